The number of carbonyl (C=O) groups is 3. The predicted octanol–water partition coefficient (Wildman–Crippen LogP) is 5.17. The fraction of sp³-hybridized carbons (Fsp3) is 0.533. The smallest absolute Gasteiger partial charge is 0.311 e. The average Bonchev–Trinajstić information content (AvgIpc) is 2.95. The number of hydrogen-bond donors (Lipinski definition) is 0. The maximum atomic E-state index is 13.0. The van der Waals surface area contributed by atoms with Gasteiger partial charge in [0.05, 0.1) is 25.6 Å². The molecule has 0 unspecified atom stereocenters. The van der Waals surface area contributed by atoms with E-state index in [0.29, 0.717) is 18.8 Å². The number of benzene rings is 1. The molecule has 0 fully saturated rings. The molecule has 0 aliphatic heterocycles. The Bertz CT molecular complexity index is 1070. The average molecular weight is 560 g/mol. The van der Waals surface area contributed by atoms with Gasteiger partial charge in [0, 0.05) is 25.3 Å². The molecule has 3 atom stereocenters. The van der Waals surface area contributed by atoms with Crippen molar-refractivity contribution in [3.63, 3.8) is 0 Å². The van der Waals surface area contributed by atoms with E-state index in [-0.39, 0.29) is 42.1 Å². The van der Waals surface area contributed by atoms with E-state index >= 15 is 0 Å². The van der Waals surface area contributed by atoms with E-state index in [0.717, 1.165) is 6.42 Å². The maximum Gasteiger partial charge on any atom is 0.311 e. The van der Waals surface area contributed by atoms with Crippen molar-refractivity contribution in [1.82, 2.24) is 4.98 Å². The van der Waals surface area contributed by atoms with Crippen LogP contribution in [0.4, 0.5) is 0 Å². The van der Waals surface area contributed by atoms with Gasteiger partial charge < -0.3 is 28.4 Å². The summed E-state index contributed by atoms with van der Waals surface area (Å²) in [6.45, 7) is 9.28. The number of Topliss-reactive ketones (excluding diaryl/α,β-unsaturated/α-hetero) is 1. The third-order valence-corrected chi connectivity index (χ3v) is 5.88. The number of aromatic nitrogens is 1. The molecule has 0 N–H and O–H groups in total. The predicted molar refractivity (Wildman–Crippen MR) is 148 cm³/mol. The number of pyridine rings is 1. The summed E-state index contributed by atoms with van der Waals surface area (Å²) >= 11 is 0. The summed E-state index contributed by atoms with van der Waals surface area (Å²) in [5.41, 5.74) is -0.0369. The first kappa shape index (κ1) is 32.6. The van der Waals surface area contributed by atoms with Gasteiger partial charge in [0.25, 0.3) is 0 Å². The van der Waals surface area contributed by atoms with E-state index in [1.54, 1.807) is 20.8 Å². The van der Waals surface area contributed by atoms with Crippen molar-refractivity contribution in [2.75, 3.05) is 20.5 Å². The molecule has 2 aromatic rings. The highest BCUT2D eigenvalue weighted by atomic mass is 16.7. The first-order valence-electron chi connectivity index (χ1n) is 13.6. The van der Waals surface area contributed by atoms with Crippen molar-refractivity contribution in [2.45, 2.75) is 78.6 Å². The van der Waals surface area contributed by atoms with E-state index in [4.69, 9.17) is 28.4 Å². The number of ketones is 1. The number of rotatable bonds is 18. The van der Waals surface area contributed by atoms with Crippen LogP contribution >= 0.6 is 0 Å². The van der Waals surface area contributed by atoms with Crippen molar-refractivity contribution in [3.05, 3.63) is 48.3 Å². The quantitative estimate of drug-likeness (QED) is 0.137. The largest absolute Gasteiger partial charge is 0.493 e. The van der Waals surface area contributed by atoms with Crippen LogP contribution in [0.2, 0.25) is 0 Å². The molecular weight excluding hydrogens is 518 g/mol. The highest BCUT2D eigenvalue weighted by Crippen LogP contribution is 2.31. The van der Waals surface area contributed by atoms with E-state index in [2.05, 4.69) is 4.98 Å². The monoisotopic (exact) mass is 559 g/mol. The number of hydrogen-bond acceptors (Lipinski definition) is 10. The summed E-state index contributed by atoms with van der Waals surface area (Å²) in [6.07, 6.45) is 1.04. The van der Waals surface area contributed by atoms with Gasteiger partial charge in [0.1, 0.15) is 11.9 Å². The summed E-state index contributed by atoms with van der Waals surface area (Å²) in [6, 6.07) is 10.8. The minimum Gasteiger partial charge on any atom is -0.493 e. The van der Waals surface area contributed by atoms with E-state index in [1.807, 2.05) is 44.2 Å². The Hall–Kier alpha value is -3.66. The first-order valence-corrected chi connectivity index (χ1v) is 13.6. The second-order valence-electron chi connectivity index (χ2n) is 9.40. The van der Waals surface area contributed by atoms with Gasteiger partial charge in [-0.15, -0.1) is 0 Å². The molecule has 0 radical (unpaired) electrons. The standard InChI is InChI=1S/C30H41NO9/c1-7-18-36-24(8-2)28(40-22-12-10-9-11-13-22)21(5)39-26(33)15-14-23(32)27-29(25(35-6)16-17-31-27)37-19-38-30(34)20(3)4/h9-13,16-17,20-21,24,28H,7-8,14-15,18-19H2,1-6H3/t21-,24-,28-/m0/s1. The Balaban J connectivity index is 2.06. The van der Waals surface area contributed by atoms with Crippen molar-refractivity contribution >= 4 is 17.7 Å². The van der Waals surface area contributed by atoms with Crippen molar-refractivity contribution in [2.24, 2.45) is 5.92 Å². The molecular formula is C30H41NO9. The lowest BCUT2D eigenvalue weighted by atomic mass is 10.1. The van der Waals surface area contributed by atoms with Gasteiger partial charge in [-0.2, -0.15) is 0 Å². The summed E-state index contributed by atoms with van der Waals surface area (Å²) < 4.78 is 33.7. The molecule has 1 heterocycles. The summed E-state index contributed by atoms with van der Waals surface area (Å²) in [4.78, 5) is 41.7. The summed E-state index contributed by atoms with van der Waals surface area (Å²) in [5.74, 6) is -0.894. The number of carbonyl (C=O) groups excluding carboxylic acids is 3. The molecule has 0 amide bonds. The Morgan fingerprint density at radius 3 is 2.33 bits per heavy atom. The van der Waals surface area contributed by atoms with E-state index < -0.39 is 36.7 Å². The minimum atomic E-state index is -0.644. The zero-order valence-electron chi connectivity index (χ0n) is 24.2. The third-order valence-electron chi connectivity index (χ3n) is 5.88. The number of methoxy groups -OCH3 is 1. The molecule has 10 nitrogen and oxygen atoms in total. The topological polar surface area (TPSA) is 119 Å². The van der Waals surface area contributed by atoms with Gasteiger partial charge in [-0.3, -0.25) is 14.4 Å². The Kier molecular flexibility index (Phi) is 13.9. The van der Waals surface area contributed by atoms with Gasteiger partial charge in [0.2, 0.25) is 6.79 Å². The number of esters is 2. The molecule has 1 aromatic heterocycles. The molecule has 0 spiro atoms. The van der Waals surface area contributed by atoms with Crippen LogP contribution in [-0.2, 0) is 23.8 Å². The minimum absolute atomic E-state index is 0.0310. The molecule has 0 bridgehead atoms. The van der Waals surface area contributed by atoms with Crippen molar-refractivity contribution in [3.8, 4) is 17.2 Å². The molecule has 40 heavy (non-hydrogen) atoms. The van der Waals surface area contributed by atoms with Gasteiger partial charge in [-0.1, -0.05) is 45.9 Å². The highest BCUT2D eigenvalue weighted by molar-refractivity contribution is 5.98. The second-order valence-corrected chi connectivity index (χ2v) is 9.40. The van der Waals surface area contributed by atoms with Crippen LogP contribution in [0.3, 0.4) is 0 Å². The van der Waals surface area contributed by atoms with E-state index in [9.17, 15) is 14.4 Å². The molecule has 0 aliphatic carbocycles. The lowest BCUT2D eigenvalue weighted by molar-refractivity contribution is -0.158. The summed E-state index contributed by atoms with van der Waals surface area (Å²) in [7, 11) is 1.41. The Morgan fingerprint density at radius 2 is 1.70 bits per heavy atom. The Morgan fingerprint density at radius 1 is 0.975 bits per heavy atom. The second kappa shape index (κ2) is 17.1. The van der Waals surface area contributed by atoms with Gasteiger partial charge in [0.15, 0.2) is 29.1 Å². The molecule has 0 saturated heterocycles. The zero-order valence-corrected chi connectivity index (χ0v) is 24.2. The molecule has 0 aliphatic rings. The normalized spacial score (nSPS) is 13.2. The van der Waals surface area contributed by atoms with Gasteiger partial charge >= 0.3 is 11.9 Å². The first-order chi connectivity index (χ1) is 19.2. The van der Waals surface area contributed by atoms with Crippen molar-refractivity contribution < 1.29 is 42.8 Å². The number of ether oxygens (including phenoxy) is 6. The van der Waals surface area contributed by atoms with Crippen LogP contribution in [0.1, 0.15) is 70.8 Å². The molecule has 1 aromatic carbocycles. The van der Waals surface area contributed by atoms with Crippen LogP contribution < -0.4 is 14.2 Å². The molecule has 220 valence electrons. The van der Waals surface area contributed by atoms with Crippen LogP contribution in [-0.4, -0.2) is 61.5 Å². The Labute approximate surface area is 236 Å². The van der Waals surface area contributed by atoms with Gasteiger partial charge in [-0.25, -0.2) is 4.98 Å². The molecule has 0 saturated carbocycles. The fourth-order valence-corrected chi connectivity index (χ4v) is 3.75. The summed E-state index contributed by atoms with van der Waals surface area (Å²) in [5, 5.41) is 0. The van der Waals surface area contributed by atoms with E-state index in [1.165, 1.54) is 19.4 Å². The zero-order chi connectivity index (χ0) is 29.5. The van der Waals surface area contributed by atoms with Crippen molar-refractivity contribution in [1.29, 1.82) is 0 Å². The molecule has 2 rings (SSSR count). The lowest BCUT2D eigenvalue weighted by Gasteiger charge is -2.31. The van der Waals surface area contributed by atoms with Crippen LogP contribution in [0.15, 0.2) is 42.6 Å². The highest BCUT2D eigenvalue weighted by Gasteiger charge is 2.31. The van der Waals surface area contributed by atoms with Crippen LogP contribution in [0, 0.1) is 5.92 Å². The fourth-order valence-electron chi connectivity index (χ4n) is 3.75. The third kappa shape index (κ3) is 10.1. The van der Waals surface area contributed by atoms with Gasteiger partial charge in [-0.05, 0) is 31.9 Å². The SMILES string of the molecule is CCCO[C@@H](CC)[C@@H](Oc1ccccc1)[C@H](C)OC(=O)CCC(=O)c1nccc(OC)c1OCOC(=O)C(C)C. The molecule has 10 heteroatoms. The number of para-hydroxylation sites is 1. The van der Waals surface area contributed by atoms with Crippen LogP contribution in [0.25, 0.3) is 0 Å². The van der Waals surface area contributed by atoms with Crippen LogP contribution in [0.5, 0.6) is 17.2 Å². The number of nitrogens with zero attached hydrogens (tertiary/aromatic N) is 1. The lowest BCUT2D eigenvalue weighted by Crippen LogP contribution is -2.44. The maximum absolute atomic E-state index is 13.0.